The number of cyclic esters (lactones) is 1. The summed E-state index contributed by atoms with van der Waals surface area (Å²) in [4.78, 5) is 20.7. The van der Waals surface area contributed by atoms with Crippen LogP contribution in [0.1, 0.15) is 6.92 Å². The second kappa shape index (κ2) is 11.9. The van der Waals surface area contributed by atoms with Crippen LogP contribution >= 0.6 is 12.2 Å². The lowest BCUT2D eigenvalue weighted by atomic mass is 10.2. The number of rotatable bonds is 5. The van der Waals surface area contributed by atoms with E-state index in [4.69, 9.17) is 15.3 Å². The van der Waals surface area contributed by atoms with Gasteiger partial charge in [-0.3, -0.25) is 14.8 Å². The number of nitrogens with zero attached hydrogens (tertiary/aromatic N) is 3. The van der Waals surface area contributed by atoms with Crippen LogP contribution in [0.5, 0.6) is 0 Å². The van der Waals surface area contributed by atoms with E-state index < -0.39 is 17.7 Å². The minimum absolute atomic E-state index is 0.133. The van der Waals surface area contributed by atoms with Crippen LogP contribution in [0.15, 0.2) is 36.4 Å². The highest BCUT2D eigenvalue weighted by Gasteiger charge is 2.33. The fourth-order valence-corrected chi connectivity index (χ4v) is 3.79. The van der Waals surface area contributed by atoms with E-state index in [-0.39, 0.29) is 30.6 Å². The van der Waals surface area contributed by atoms with Gasteiger partial charge in [-0.25, -0.2) is 13.6 Å². The summed E-state index contributed by atoms with van der Waals surface area (Å²) in [6.07, 6.45) is -0.987. The van der Waals surface area contributed by atoms with Crippen molar-refractivity contribution in [3.63, 3.8) is 0 Å². The van der Waals surface area contributed by atoms with Crippen molar-refractivity contribution in [3.8, 4) is 0 Å². The Hall–Kier alpha value is -3.02. The van der Waals surface area contributed by atoms with E-state index in [1.165, 1.54) is 17.0 Å². The van der Waals surface area contributed by atoms with E-state index in [9.17, 15) is 13.6 Å². The molecule has 0 radical (unpaired) electrons. The molecule has 184 valence electrons. The second-order valence-corrected chi connectivity index (χ2v) is 8.15. The number of ether oxygens (including phenoxy) is 1. The Kier molecular flexibility index (Phi) is 8.97. The number of carbonyl (C=O) groups excluding carboxylic acids is 1. The molecule has 2 aromatic carbocycles. The third-order valence-corrected chi connectivity index (χ3v) is 5.30. The number of hydroxylamine groups is 1. The molecule has 0 spiro atoms. The Bertz CT molecular complexity index is 972. The number of hydrogen-bond donors (Lipinski definition) is 2. The van der Waals surface area contributed by atoms with Gasteiger partial charge < -0.3 is 20.7 Å². The first-order valence-corrected chi connectivity index (χ1v) is 11.4. The summed E-state index contributed by atoms with van der Waals surface area (Å²) in [5.41, 5.74) is 7.18. The van der Waals surface area contributed by atoms with Crippen LogP contribution in [0.3, 0.4) is 0 Å². The van der Waals surface area contributed by atoms with Gasteiger partial charge in [0.15, 0.2) is 11.6 Å². The normalized spacial score (nSPS) is 18.2. The molecule has 0 aliphatic carbocycles. The van der Waals surface area contributed by atoms with Crippen LogP contribution in [0.4, 0.5) is 36.3 Å². The molecule has 34 heavy (non-hydrogen) atoms. The van der Waals surface area contributed by atoms with Gasteiger partial charge in [0.2, 0.25) is 0 Å². The Balaban J connectivity index is 0.00000103. The topological polar surface area (TPSA) is 83.3 Å². The summed E-state index contributed by atoms with van der Waals surface area (Å²) in [6, 6.07) is 9.54. The molecule has 0 saturated carbocycles. The predicted molar refractivity (Wildman–Crippen MR) is 134 cm³/mol. The Morgan fingerprint density at radius 1 is 1.15 bits per heavy atom. The molecule has 0 bridgehead atoms. The Labute approximate surface area is 203 Å². The first-order valence-electron chi connectivity index (χ1n) is 10.9. The van der Waals surface area contributed by atoms with E-state index in [0.29, 0.717) is 31.9 Å². The van der Waals surface area contributed by atoms with E-state index in [2.05, 4.69) is 17.5 Å². The number of nitrogen functional groups attached to an aromatic ring is 1. The maximum absolute atomic E-state index is 15.0. The van der Waals surface area contributed by atoms with E-state index >= 15 is 0 Å². The zero-order valence-corrected chi connectivity index (χ0v) is 20.0. The molecule has 2 fully saturated rings. The Morgan fingerprint density at radius 3 is 2.41 bits per heavy atom. The second-order valence-electron chi connectivity index (χ2n) is 7.68. The molecule has 3 N–H and O–H groups in total. The van der Waals surface area contributed by atoms with Gasteiger partial charge in [-0.1, -0.05) is 12.2 Å². The lowest BCUT2D eigenvalue weighted by molar-refractivity contribution is 0.126. The van der Waals surface area contributed by atoms with Gasteiger partial charge in [-0.05, 0) is 43.6 Å². The summed E-state index contributed by atoms with van der Waals surface area (Å²) in [5, 5.41) is 6.19. The number of carbonyl (C=O) groups is 1. The maximum Gasteiger partial charge on any atom is 0.414 e. The van der Waals surface area contributed by atoms with Crippen LogP contribution in [0.25, 0.3) is 0 Å². The van der Waals surface area contributed by atoms with Crippen molar-refractivity contribution in [1.82, 2.24) is 5.32 Å². The molecular formula is C23H29F2N5O3S. The molecule has 0 unspecified atom stereocenters. The molecular weight excluding hydrogens is 464 g/mol. The fourth-order valence-electron chi connectivity index (χ4n) is 3.79. The lowest BCUT2D eigenvalue weighted by Gasteiger charge is -2.25. The monoisotopic (exact) mass is 493 g/mol. The van der Waals surface area contributed by atoms with Gasteiger partial charge in [0.25, 0.3) is 0 Å². The first kappa shape index (κ1) is 25.6. The third kappa shape index (κ3) is 6.10. The standard InChI is InChI=1S/C21H25F2N5O3.C2H4S/c1-25-12-17-13-27(21(29)31-17)16-10-18(22)20(19(23)11-16)26-6-7-28(30-9-8-26)15-4-2-14(24)3-5-15;1-2-3/h2-5,10-11,17,25H,6-9,12-13,24H2,1H3;2H,1H3/t17-;/m0./s1. The molecule has 1 amide bonds. The lowest BCUT2D eigenvalue weighted by Crippen LogP contribution is -2.32. The van der Waals surface area contributed by atoms with Crippen molar-refractivity contribution in [2.24, 2.45) is 0 Å². The molecule has 2 aliphatic rings. The van der Waals surface area contributed by atoms with Gasteiger partial charge in [-0.15, -0.1) is 0 Å². The highest BCUT2D eigenvalue weighted by molar-refractivity contribution is 7.78. The van der Waals surface area contributed by atoms with Crippen molar-refractivity contribution in [1.29, 1.82) is 0 Å². The average Bonchev–Trinajstić information content (AvgIpc) is 3.00. The summed E-state index contributed by atoms with van der Waals surface area (Å²) in [6.45, 7) is 3.84. The number of benzene rings is 2. The molecule has 8 nitrogen and oxygen atoms in total. The number of thiocarbonyl (C=S) groups is 1. The van der Waals surface area contributed by atoms with Gasteiger partial charge in [0, 0.05) is 37.5 Å². The SMILES string of the molecule is CC=S.CNC[C@H]1CN(c2cc(F)c(N3CCON(c4ccc(N)cc4)CC3)c(F)c2)C(=O)O1. The average molecular weight is 494 g/mol. The highest BCUT2D eigenvalue weighted by atomic mass is 32.1. The minimum atomic E-state index is -0.735. The highest BCUT2D eigenvalue weighted by Crippen LogP contribution is 2.31. The van der Waals surface area contributed by atoms with Crippen LogP contribution in [-0.2, 0) is 9.57 Å². The van der Waals surface area contributed by atoms with Crippen LogP contribution in [-0.4, -0.2) is 63.9 Å². The number of likely N-dealkylation sites (N-methyl/N-ethyl adjacent to an activating group) is 1. The quantitative estimate of drug-likeness (QED) is 0.485. The maximum atomic E-state index is 15.0. The van der Waals surface area contributed by atoms with E-state index in [1.807, 2.05) is 19.1 Å². The zero-order valence-electron chi connectivity index (χ0n) is 19.2. The van der Waals surface area contributed by atoms with Crippen molar-refractivity contribution in [3.05, 3.63) is 48.0 Å². The molecule has 0 aromatic heterocycles. The Morgan fingerprint density at radius 2 is 1.79 bits per heavy atom. The third-order valence-electron chi connectivity index (χ3n) is 5.30. The molecule has 2 aliphatic heterocycles. The van der Waals surface area contributed by atoms with Gasteiger partial charge in [-0.2, -0.15) is 0 Å². The van der Waals surface area contributed by atoms with Crippen LogP contribution < -0.4 is 25.9 Å². The molecule has 2 saturated heterocycles. The van der Waals surface area contributed by atoms with Crippen molar-refractivity contribution in [2.75, 3.05) is 67.0 Å². The minimum Gasteiger partial charge on any atom is -0.443 e. The van der Waals surface area contributed by atoms with Crippen LogP contribution in [0, 0.1) is 11.6 Å². The smallest absolute Gasteiger partial charge is 0.414 e. The van der Waals surface area contributed by atoms with Gasteiger partial charge in [0.05, 0.1) is 31.1 Å². The van der Waals surface area contributed by atoms with Crippen LogP contribution in [0.2, 0.25) is 0 Å². The number of nitrogens with one attached hydrogen (secondary N) is 1. The van der Waals surface area contributed by atoms with Crippen molar-refractivity contribution in [2.45, 2.75) is 13.0 Å². The largest absolute Gasteiger partial charge is 0.443 e. The van der Waals surface area contributed by atoms with E-state index in [1.54, 1.807) is 34.5 Å². The number of hydrogen-bond acceptors (Lipinski definition) is 8. The van der Waals surface area contributed by atoms with Crippen molar-refractivity contribution >= 4 is 46.4 Å². The number of anilines is 4. The summed E-state index contributed by atoms with van der Waals surface area (Å²) < 4.78 is 35.2. The molecule has 1 atom stereocenters. The number of nitrogens with two attached hydrogens (primary N) is 1. The molecule has 2 heterocycles. The molecule has 11 heteroatoms. The number of halogens is 2. The molecule has 2 aromatic rings. The first-order chi connectivity index (χ1) is 16.4. The predicted octanol–water partition coefficient (Wildman–Crippen LogP) is 3.36. The zero-order chi connectivity index (χ0) is 24.7. The van der Waals surface area contributed by atoms with Crippen molar-refractivity contribution < 1.29 is 23.1 Å². The van der Waals surface area contributed by atoms with Gasteiger partial charge >= 0.3 is 6.09 Å². The van der Waals surface area contributed by atoms with Gasteiger partial charge in [0.1, 0.15) is 11.8 Å². The summed E-state index contributed by atoms with van der Waals surface area (Å²) >= 11 is 4.27. The summed E-state index contributed by atoms with van der Waals surface area (Å²) in [5.74, 6) is -1.47. The number of amides is 1. The summed E-state index contributed by atoms with van der Waals surface area (Å²) in [7, 11) is 1.74. The van der Waals surface area contributed by atoms with E-state index in [0.717, 1.165) is 5.69 Å². The fraction of sp³-hybridized carbons (Fsp3) is 0.391. The molecule has 4 rings (SSSR count).